The second-order valence-corrected chi connectivity index (χ2v) is 5.68. The van der Waals surface area contributed by atoms with Crippen LogP contribution in [0.4, 0.5) is 8.78 Å². The molecule has 1 heterocycles. The molecule has 3 aromatic rings. The lowest BCUT2D eigenvalue weighted by atomic mass is 10.2. The number of nitrogens with one attached hydrogen (secondary N) is 1. The number of carbonyl (C=O) groups excluding carboxylic acids is 1. The van der Waals surface area contributed by atoms with Gasteiger partial charge in [0.2, 0.25) is 0 Å². The molecule has 0 aliphatic carbocycles. The number of aryl methyl sites for hydroxylation is 1. The van der Waals surface area contributed by atoms with E-state index in [0.29, 0.717) is 11.3 Å². The van der Waals surface area contributed by atoms with Crippen LogP contribution in [0.25, 0.3) is 5.69 Å². The first-order chi connectivity index (χ1) is 12.5. The van der Waals surface area contributed by atoms with Gasteiger partial charge < -0.3 is 0 Å². The maximum absolute atomic E-state index is 13.1. The third-order valence-corrected chi connectivity index (χ3v) is 3.88. The van der Waals surface area contributed by atoms with Crippen LogP contribution in [0.15, 0.2) is 53.6 Å². The van der Waals surface area contributed by atoms with Crippen LogP contribution in [0.3, 0.4) is 0 Å². The van der Waals surface area contributed by atoms with Crippen molar-refractivity contribution in [2.24, 2.45) is 5.10 Å². The molecule has 0 fully saturated rings. The lowest BCUT2D eigenvalue weighted by Crippen LogP contribution is -2.17. The van der Waals surface area contributed by atoms with Crippen LogP contribution < -0.4 is 5.43 Å². The van der Waals surface area contributed by atoms with Crippen LogP contribution in [-0.4, -0.2) is 21.9 Å². The van der Waals surface area contributed by atoms with Gasteiger partial charge >= 0.3 is 0 Å². The molecule has 1 N–H and O–H groups in total. The third kappa shape index (κ3) is 3.66. The second kappa shape index (κ2) is 7.26. The van der Waals surface area contributed by atoms with E-state index in [1.54, 1.807) is 16.8 Å². The maximum atomic E-state index is 13.1. The van der Waals surface area contributed by atoms with Gasteiger partial charge in [-0.15, -0.1) is 0 Å². The summed E-state index contributed by atoms with van der Waals surface area (Å²) in [6, 6.07) is 11.2. The van der Waals surface area contributed by atoms with E-state index in [9.17, 15) is 13.6 Å². The Morgan fingerprint density at radius 2 is 1.62 bits per heavy atom. The van der Waals surface area contributed by atoms with Gasteiger partial charge in [-0.3, -0.25) is 4.79 Å². The van der Waals surface area contributed by atoms with Crippen molar-refractivity contribution in [3.63, 3.8) is 0 Å². The van der Waals surface area contributed by atoms with Crippen LogP contribution in [0.1, 0.15) is 27.3 Å². The van der Waals surface area contributed by atoms with Crippen molar-refractivity contribution in [2.75, 3.05) is 0 Å². The molecule has 3 rings (SSSR count). The molecular formula is C19H16F2N4O. The summed E-state index contributed by atoms with van der Waals surface area (Å²) in [5, 5.41) is 8.38. The zero-order valence-corrected chi connectivity index (χ0v) is 14.2. The Morgan fingerprint density at radius 1 is 1.04 bits per heavy atom. The predicted octanol–water partition coefficient (Wildman–Crippen LogP) is 3.53. The summed E-state index contributed by atoms with van der Waals surface area (Å²) in [5.74, 6) is -1.17. The number of aromatic nitrogens is 2. The molecular weight excluding hydrogens is 338 g/mol. The summed E-state index contributed by atoms with van der Waals surface area (Å²) in [7, 11) is 0. The molecule has 0 bridgehead atoms. The molecule has 7 heteroatoms. The maximum Gasteiger partial charge on any atom is 0.271 e. The molecule has 5 nitrogen and oxygen atoms in total. The third-order valence-electron chi connectivity index (χ3n) is 3.88. The van der Waals surface area contributed by atoms with Gasteiger partial charge in [0.25, 0.3) is 5.91 Å². The van der Waals surface area contributed by atoms with Crippen molar-refractivity contribution < 1.29 is 13.6 Å². The second-order valence-electron chi connectivity index (χ2n) is 5.68. The lowest BCUT2D eigenvalue weighted by Gasteiger charge is -2.04. The normalized spacial score (nSPS) is 11.1. The zero-order valence-electron chi connectivity index (χ0n) is 14.2. The standard InChI is InChI=1S/C19H16F2N4O/c1-12-18(11-22-23-19(26)14-3-5-15(20)6-4-14)13(2)25(24-12)17-9-7-16(21)8-10-17/h3-11H,1-2H3,(H,23,26)/b22-11-. The van der Waals surface area contributed by atoms with E-state index in [1.165, 1.54) is 42.6 Å². The van der Waals surface area contributed by atoms with Gasteiger partial charge in [-0.05, 0) is 62.4 Å². The van der Waals surface area contributed by atoms with Gasteiger partial charge in [0, 0.05) is 11.1 Å². The smallest absolute Gasteiger partial charge is 0.267 e. The monoisotopic (exact) mass is 354 g/mol. The molecule has 0 spiro atoms. The first-order valence-corrected chi connectivity index (χ1v) is 7.87. The van der Waals surface area contributed by atoms with Crippen LogP contribution in [0.5, 0.6) is 0 Å². The number of rotatable bonds is 4. The van der Waals surface area contributed by atoms with Gasteiger partial charge in [-0.2, -0.15) is 10.2 Å². The molecule has 0 unspecified atom stereocenters. The lowest BCUT2D eigenvalue weighted by molar-refractivity contribution is 0.0955. The first kappa shape index (κ1) is 17.5. The van der Waals surface area contributed by atoms with E-state index in [-0.39, 0.29) is 5.82 Å². The van der Waals surface area contributed by atoms with Crippen LogP contribution in [0.2, 0.25) is 0 Å². The SMILES string of the molecule is Cc1nn(-c2ccc(F)cc2)c(C)c1/C=N\NC(=O)c1ccc(F)cc1. The minimum atomic E-state index is -0.442. The van der Waals surface area contributed by atoms with Gasteiger partial charge in [-0.1, -0.05) is 0 Å². The van der Waals surface area contributed by atoms with E-state index >= 15 is 0 Å². The molecule has 1 aromatic heterocycles. The Labute approximate surface area is 149 Å². The highest BCUT2D eigenvalue weighted by Gasteiger charge is 2.11. The molecule has 0 aliphatic heterocycles. The minimum Gasteiger partial charge on any atom is -0.267 e. The molecule has 1 amide bonds. The average Bonchev–Trinajstić information content (AvgIpc) is 2.91. The Morgan fingerprint density at radius 3 is 2.23 bits per heavy atom. The van der Waals surface area contributed by atoms with Crippen molar-refractivity contribution in [2.45, 2.75) is 13.8 Å². The number of benzene rings is 2. The fraction of sp³-hybridized carbons (Fsp3) is 0.105. The van der Waals surface area contributed by atoms with Gasteiger partial charge in [0.1, 0.15) is 11.6 Å². The molecule has 26 heavy (non-hydrogen) atoms. The van der Waals surface area contributed by atoms with Crippen LogP contribution in [-0.2, 0) is 0 Å². The molecule has 132 valence electrons. The summed E-state index contributed by atoms with van der Waals surface area (Å²) in [6.07, 6.45) is 1.50. The fourth-order valence-corrected chi connectivity index (χ4v) is 2.50. The number of hydrazone groups is 1. The molecule has 2 aromatic carbocycles. The topological polar surface area (TPSA) is 59.3 Å². The van der Waals surface area contributed by atoms with E-state index in [1.807, 2.05) is 13.8 Å². The Balaban J connectivity index is 1.77. The van der Waals surface area contributed by atoms with Crippen molar-refractivity contribution in [3.8, 4) is 5.69 Å². The highest BCUT2D eigenvalue weighted by atomic mass is 19.1. The number of hydrogen-bond donors (Lipinski definition) is 1. The van der Waals surface area contributed by atoms with E-state index in [2.05, 4.69) is 15.6 Å². The number of nitrogens with zero attached hydrogens (tertiary/aromatic N) is 3. The summed E-state index contributed by atoms with van der Waals surface area (Å²) in [5.41, 5.74) is 5.69. The highest BCUT2D eigenvalue weighted by Crippen LogP contribution is 2.16. The Kier molecular flexibility index (Phi) is 4.88. The molecule has 0 saturated heterocycles. The number of carbonyl (C=O) groups is 1. The summed E-state index contributed by atoms with van der Waals surface area (Å²) >= 11 is 0. The van der Waals surface area contributed by atoms with Crippen molar-refractivity contribution in [1.82, 2.24) is 15.2 Å². The Bertz CT molecular complexity index is 960. The van der Waals surface area contributed by atoms with E-state index in [0.717, 1.165) is 16.9 Å². The molecule has 0 radical (unpaired) electrons. The quantitative estimate of drug-likeness (QED) is 0.576. The minimum absolute atomic E-state index is 0.305. The van der Waals surface area contributed by atoms with Crippen molar-refractivity contribution in [3.05, 3.63) is 82.7 Å². The van der Waals surface area contributed by atoms with E-state index in [4.69, 9.17) is 0 Å². The van der Waals surface area contributed by atoms with E-state index < -0.39 is 11.7 Å². The van der Waals surface area contributed by atoms with Gasteiger partial charge in [-0.25, -0.2) is 18.9 Å². The summed E-state index contributed by atoms with van der Waals surface area (Å²) in [6.45, 7) is 3.67. The summed E-state index contributed by atoms with van der Waals surface area (Å²) < 4.78 is 27.6. The van der Waals surface area contributed by atoms with Crippen LogP contribution >= 0.6 is 0 Å². The molecule has 0 aliphatic rings. The predicted molar refractivity (Wildman–Crippen MR) is 94.5 cm³/mol. The highest BCUT2D eigenvalue weighted by molar-refractivity contribution is 5.95. The Hall–Kier alpha value is -3.35. The van der Waals surface area contributed by atoms with Crippen LogP contribution in [0, 0.1) is 25.5 Å². The molecule has 0 atom stereocenters. The zero-order chi connectivity index (χ0) is 18.7. The fourth-order valence-electron chi connectivity index (χ4n) is 2.50. The number of amides is 1. The number of hydrogen-bond acceptors (Lipinski definition) is 3. The van der Waals surface area contributed by atoms with Crippen molar-refractivity contribution in [1.29, 1.82) is 0 Å². The average molecular weight is 354 g/mol. The first-order valence-electron chi connectivity index (χ1n) is 7.87. The van der Waals surface area contributed by atoms with Gasteiger partial charge in [0.05, 0.1) is 23.3 Å². The molecule has 0 saturated carbocycles. The van der Waals surface area contributed by atoms with Crippen molar-refractivity contribution >= 4 is 12.1 Å². The van der Waals surface area contributed by atoms with Gasteiger partial charge in [0.15, 0.2) is 0 Å². The number of halogens is 2. The summed E-state index contributed by atoms with van der Waals surface area (Å²) in [4.78, 5) is 12.0. The largest absolute Gasteiger partial charge is 0.271 e.